The fourth-order valence-corrected chi connectivity index (χ4v) is 3.30. The van der Waals surface area contributed by atoms with Crippen LogP contribution in [0.4, 0.5) is 0 Å². The van der Waals surface area contributed by atoms with E-state index >= 15 is 0 Å². The van der Waals surface area contributed by atoms with Crippen LogP contribution in [0.5, 0.6) is 0 Å². The normalized spacial score (nSPS) is 15.2. The van der Waals surface area contributed by atoms with Gasteiger partial charge in [-0.05, 0) is 25.0 Å². The molecule has 1 aromatic rings. The quantitative estimate of drug-likeness (QED) is 0.671. The van der Waals surface area contributed by atoms with Crippen molar-refractivity contribution in [2.45, 2.75) is 43.4 Å². The molecule has 21 heavy (non-hydrogen) atoms. The van der Waals surface area contributed by atoms with Gasteiger partial charge in [0.1, 0.15) is 5.78 Å². The highest BCUT2D eigenvalue weighted by molar-refractivity contribution is 7.89. The first kappa shape index (κ1) is 15.6. The summed E-state index contributed by atoms with van der Waals surface area (Å²) in [6.07, 6.45) is 5.06. The average Bonchev–Trinajstić information content (AvgIpc) is 3.02. The monoisotopic (exact) mass is 305 g/mol. The van der Waals surface area contributed by atoms with Crippen LogP contribution in [-0.4, -0.2) is 14.2 Å². The van der Waals surface area contributed by atoms with E-state index in [1.54, 1.807) is 18.2 Å². The van der Waals surface area contributed by atoms with Crippen molar-refractivity contribution in [2.24, 2.45) is 5.92 Å². The van der Waals surface area contributed by atoms with Crippen LogP contribution < -0.4 is 4.72 Å². The van der Waals surface area contributed by atoms with Crippen molar-refractivity contribution in [1.29, 1.82) is 0 Å². The van der Waals surface area contributed by atoms with E-state index in [4.69, 9.17) is 0 Å². The predicted octanol–water partition coefficient (Wildman–Crippen LogP) is 2.47. The van der Waals surface area contributed by atoms with Gasteiger partial charge in [0, 0.05) is 24.8 Å². The number of rotatable bonds is 5. The van der Waals surface area contributed by atoms with Crippen LogP contribution in [0.15, 0.2) is 35.2 Å². The van der Waals surface area contributed by atoms with Gasteiger partial charge in [-0.2, -0.15) is 0 Å². The summed E-state index contributed by atoms with van der Waals surface area (Å²) in [7, 11) is -3.59. The third-order valence-corrected chi connectivity index (χ3v) is 4.90. The maximum absolute atomic E-state index is 11.9. The zero-order valence-electron chi connectivity index (χ0n) is 11.8. The minimum Gasteiger partial charge on any atom is -0.299 e. The second kappa shape index (κ2) is 7.28. The highest BCUT2D eigenvalue weighted by Crippen LogP contribution is 2.26. The van der Waals surface area contributed by atoms with Crippen LogP contribution in [0, 0.1) is 17.9 Å². The third kappa shape index (κ3) is 4.61. The molecule has 1 aromatic carbocycles. The number of nitrogens with one attached hydrogen (secondary N) is 1. The van der Waals surface area contributed by atoms with Crippen LogP contribution in [-0.2, 0) is 14.8 Å². The lowest BCUT2D eigenvalue weighted by molar-refractivity contribution is -0.122. The first-order valence-electron chi connectivity index (χ1n) is 7.17. The van der Waals surface area contributed by atoms with Crippen molar-refractivity contribution < 1.29 is 13.2 Å². The van der Waals surface area contributed by atoms with Gasteiger partial charge < -0.3 is 0 Å². The first-order chi connectivity index (χ1) is 10.1. The van der Waals surface area contributed by atoms with E-state index in [0.717, 1.165) is 25.7 Å². The standard InChI is InChI=1S/C16H19NO3S/c18-16(14-8-4-5-9-14)12-6-7-13-17-21(19,20)15-10-2-1-3-11-15/h1-3,10-11,14,17H,4-6,8-9,12H2. The Kier molecular flexibility index (Phi) is 5.40. The molecule has 5 heteroatoms. The van der Waals surface area contributed by atoms with E-state index in [-0.39, 0.29) is 16.6 Å². The van der Waals surface area contributed by atoms with Crippen LogP contribution in [0.25, 0.3) is 0 Å². The average molecular weight is 305 g/mol. The van der Waals surface area contributed by atoms with Gasteiger partial charge in [0.05, 0.1) is 4.90 Å². The summed E-state index contributed by atoms with van der Waals surface area (Å²) in [5.41, 5.74) is 0. The van der Waals surface area contributed by atoms with E-state index in [1.165, 1.54) is 12.1 Å². The number of benzene rings is 1. The van der Waals surface area contributed by atoms with Crippen molar-refractivity contribution in [3.05, 3.63) is 30.3 Å². The Morgan fingerprint density at radius 3 is 2.52 bits per heavy atom. The van der Waals surface area contributed by atoms with Gasteiger partial charge in [0.2, 0.25) is 0 Å². The number of carbonyl (C=O) groups excluding carboxylic acids is 1. The Morgan fingerprint density at radius 2 is 1.86 bits per heavy atom. The molecule has 1 aliphatic carbocycles. The molecule has 2 rings (SSSR count). The zero-order valence-corrected chi connectivity index (χ0v) is 12.7. The summed E-state index contributed by atoms with van der Waals surface area (Å²) in [6, 6.07) is 10.5. The van der Waals surface area contributed by atoms with Gasteiger partial charge in [0.15, 0.2) is 0 Å². The minimum absolute atomic E-state index is 0.182. The largest absolute Gasteiger partial charge is 0.299 e. The second-order valence-electron chi connectivity index (χ2n) is 5.17. The molecule has 1 aliphatic rings. The van der Waals surface area contributed by atoms with Crippen molar-refractivity contribution in [2.75, 3.05) is 0 Å². The van der Waals surface area contributed by atoms with Gasteiger partial charge in [-0.15, -0.1) is 0 Å². The molecule has 0 unspecified atom stereocenters. The van der Waals surface area contributed by atoms with Crippen LogP contribution in [0.3, 0.4) is 0 Å². The maximum atomic E-state index is 11.9. The molecule has 1 N–H and O–H groups in total. The summed E-state index contributed by atoms with van der Waals surface area (Å²) in [6.45, 7) is 0. The van der Waals surface area contributed by atoms with Crippen LogP contribution >= 0.6 is 0 Å². The van der Waals surface area contributed by atoms with Crippen molar-refractivity contribution >= 4 is 15.8 Å². The Balaban J connectivity index is 1.80. The summed E-state index contributed by atoms with van der Waals surface area (Å²) in [4.78, 5) is 12.0. The lowest BCUT2D eigenvalue weighted by atomic mass is 9.99. The molecule has 0 bridgehead atoms. The van der Waals surface area contributed by atoms with Crippen LogP contribution in [0.2, 0.25) is 0 Å². The lowest BCUT2D eigenvalue weighted by Crippen LogP contribution is -2.18. The van der Waals surface area contributed by atoms with Gasteiger partial charge in [-0.25, -0.2) is 13.1 Å². The minimum atomic E-state index is -3.59. The second-order valence-corrected chi connectivity index (χ2v) is 6.85. The van der Waals surface area contributed by atoms with Crippen molar-refractivity contribution in [1.82, 2.24) is 4.72 Å². The third-order valence-electron chi connectivity index (χ3n) is 3.63. The van der Waals surface area contributed by atoms with Crippen molar-refractivity contribution in [3.63, 3.8) is 0 Å². The zero-order chi connectivity index (χ0) is 15.1. The fraction of sp³-hybridized carbons (Fsp3) is 0.438. The number of carbonyl (C=O) groups is 1. The molecule has 0 spiro atoms. The number of sulfonamides is 1. The van der Waals surface area contributed by atoms with Gasteiger partial charge in [0.25, 0.3) is 10.0 Å². The molecule has 112 valence electrons. The van der Waals surface area contributed by atoms with E-state index in [1.807, 2.05) is 0 Å². The molecule has 1 fully saturated rings. The van der Waals surface area contributed by atoms with Crippen LogP contribution in [0.1, 0.15) is 38.5 Å². The lowest BCUT2D eigenvalue weighted by Gasteiger charge is -2.04. The molecule has 1 saturated carbocycles. The van der Waals surface area contributed by atoms with E-state index < -0.39 is 10.0 Å². The molecule has 4 nitrogen and oxygen atoms in total. The molecular weight excluding hydrogens is 286 g/mol. The summed E-state index contributed by atoms with van der Waals surface area (Å²) >= 11 is 0. The summed E-state index contributed by atoms with van der Waals surface area (Å²) < 4.78 is 25.9. The highest BCUT2D eigenvalue weighted by Gasteiger charge is 2.21. The SMILES string of the molecule is O=C(CCC#CNS(=O)(=O)c1ccccc1)C1CCCC1. The molecule has 0 atom stereocenters. The topological polar surface area (TPSA) is 63.2 Å². The first-order valence-corrected chi connectivity index (χ1v) is 8.65. The van der Waals surface area contributed by atoms with Gasteiger partial charge in [-0.3, -0.25) is 4.79 Å². The predicted molar refractivity (Wildman–Crippen MR) is 80.7 cm³/mol. The smallest absolute Gasteiger partial charge is 0.268 e. The van der Waals surface area contributed by atoms with Crippen molar-refractivity contribution in [3.8, 4) is 12.0 Å². The van der Waals surface area contributed by atoms with E-state index in [0.29, 0.717) is 12.8 Å². The highest BCUT2D eigenvalue weighted by atomic mass is 32.2. The van der Waals surface area contributed by atoms with Gasteiger partial charge >= 0.3 is 0 Å². The summed E-state index contributed by atoms with van der Waals surface area (Å²) in [5, 5.41) is 0. The van der Waals surface area contributed by atoms with E-state index in [9.17, 15) is 13.2 Å². The number of hydrogen-bond donors (Lipinski definition) is 1. The molecule has 0 saturated heterocycles. The molecule has 0 radical (unpaired) electrons. The Labute approximate surface area is 126 Å². The molecule has 0 aliphatic heterocycles. The Morgan fingerprint density at radius 1 is 1.19 bits per heavy atom. The molecule has 0 amide bonds. The maximum Gasteiger partial charge on any atom is 0.268 e. The van der Waals surface area contributed by atoms with Gasteiger partial charge in [-0.1, -0.05) is 37.0 Å². The fourth-order valence-electron chi connectivity index (χ4n) is 2.46. The summed E-state index contributed by atoms with van der Waals surface area (Å²) in [5.74, 6) is 3.16. The Bertz CT molecular complexity index is 635. The number of ketones is 1. The molecular formula is C16H19NO3S. The number of Topliss-reactive ketones (excluding diaryl/α,β-unsaturated/α-hetero) is 1. The number of hydrogen-bond acceptors (Lipinski definition) is 3. The molecule has 0 heterocycles. The van der Waals surface area contributed by atoms with E-state index in [2.05, 4.69) is 16.7 Å². The Hall–Kier alpha value is -1.80. The molecule has 0 aromatic heterocycles.